The number of nitrogens with one attached hydrogen (secondary N) is 1. The smallest absolute Gasteiger partial charge is 0.244 e. The van der Waals surface area contributed by atoms with Gasteiger partial charge in [0.15, 0.2) is 0 Å². The molecule has 0 atom stereocenters. The van der Waals surface area contributed by atoms with Crippen molar-refractivity contribution in [3.05, 3.63) is 52.4 Å². The van der Waals surface area contributed by atoms with E-state index in [9.17, 15) is 4.79 Å². The Labute approximate surface area is 132 Å². The summed E-state index contributed by atoms with van der Waals surface area (Å²) in [4.78, 5) is 13.6. The summed E-state index contributed by atoms with van der Waals surface area (Å²) in [7, 11) is 0. The molecular weight excluding hydrogens is 306 g/mol. The van der Waals surface area contributed by atoms with E-state index in [4.69, 9.17) is 16.7 Å². The molecule has 0 saturated carbocycles. The minimum absolute atomic E-state index is 0.0813. The Bertz CT molecular complexity index is 637. The summed E-state index contributed by atoms with van der Waals surface area (Å²) in [6, 6.07) is 11.7. The number of hydrogen-bond donors (Lipinski definition) is 2. The fourth-order valence-corrected chi connectivity index (χ4v) is 2.84. The minimum atomic E-state index is -0.152. The van der Waals surface area contributed by atoms with E-state index in [0.717, 1.165) is 15.3 Å². The Balaban J connectivity index is 1.98. The SMILES string of the molecule is O=C(/C=C/c1ccc(-c2cccc(Cl)c2)s1)NCCCO. The number of carbonyl (C=O) groups excluding carboxylic acids is 1. The molecule has 0 radical (unpaired) electrons. The molecule has 0 bridgehead atoms. The number of aliphatic hydroxyl groups excluding tert-OH is 1. The second-order valence-corrected chi connectivity index (χ2v) is 5.97. The summed E-state index contributed by atoms with van der Waals surface area (Å²) < 4.78 is 0. The van der Waals surface area contributed by atoms with Gasteiger partial charge in [0.05, 0.1) is 0 Å². The lowest BCUT2D eigenvalue weighted by atomic mass is 10.2. The van der Waals surface area contributed by atoms with Crippen LogP contribution in [0.25, 0.3) is 16.5 Å². The number of carbonyl (C=O) groups is 1. The standard InChI is InChI=1S/C16H16ClNO2S/c17-13-4-1-3-12(11-13)15-7-5-14(21-15)6-8-16(20)18-9-2-10-19/h1,3-8,11,19H,2,9-10H2,(H,18,20)/b8-6+. The van der Waals surface area contributed by atoms with Gasteiger partial charge in [-0.1, -0.05) is 23.7 Å². The largest absolute Gasteiger partial charge is 0.396 e. The van der Waals surface area contributed by atoms with Crippen molar-refractivity contribution in [1.29, 1.82) is 0 Å². The Morgan fingerprint density at radius 1 is 1.33 bits per heavy atom. The molecule has 0 fully saturated rings. The third-order valence-corrected chi connectivity index (χ3v) is 4.10. The van der Waals surface area contributed by atoms with E-state index in [1.807, 2.05) is 36.4 Å². The number of aliphatic hydroxyl groups is 1. The third-order valence-electron chi connectivity index (χ3n) is 2.77. The first-order valence-corrected chi connectivity index (χ1v) is 7.81. The zero-order chi connectivity index (χ0) is 15.1. The average molecular weight is 322 g/mol. The van der Waals surface area contributed by atoms with Crippen LogP contribution in [0.15, 0.2) is 42.5 Å². The highest BCUT2D eigenvalue weighted by molar-refractivity contribution is 7.16. The van der Waals surface area contributed by atoms with Crippen LogP contribution in [-0.4, -0.2) is 24.2 Å². The number of hydrogen-bond acceptors (Lipinski definition) is 3. The molecule has 0 unspecified atom stereocenters. The first-order chi connectivity index (χ1) is 10.2. The molecule has 0 spiro atoms. The van der Waals surface area contributed by atoms with E-state index >= 15 is 0 Å². The lowest BCUT2D eigenvalue weighted by molar-refractivity contribution is -0.116. The Morgan fingerprint density at radius 2 is 2.19 bits per heavy atom. The summed E-state index contributed by atoms with van der Waals surface area (Å²) >= 11 is 7.58. The van der Waals surface area contributed by atoms with Crippen LogP contribution in [0.3, 0.4) is 0 Å². The zero-order valence-electron chi connectivity index (χ0n) is 11.4. The van der Waals surface area contributed by atoms with Gasteiger partial charge in [-0.25, -0.2) is 0 Å². The molecule has 21 heavy (non-hydrogen) atoms. The molecule has 0 aliphatic rings. The second kappa shape index (κ2) is 7.98. The van der Waals surface area contributed by atoms with E-state index in [1.165, 1.54) is 6.08 Å². The van der Waals surface area contributed by atoms with Gasteiger partial charge < -0.3 is 10.4 Å². The van der Waals surface area contributed by atoms with Gasteiger partial charge in [-0.2, -0.15) is 0 Å². The van der Waals surface area contributed by atoms with Crippen LogP contribution in [0.5, 0.6) is 0 Å². The van der Waals surface area contributed by atoms with E-state index < -0.39 is 0 Å². The van der Waals surface area contributed by atoms with Crippen molar-refractivity contribution in [1.82, 2.24) is 5.32 Å². The van der Waals surface area contributed by atoms with Crippen LogP contribution in [0.2, 0.25) is 5.02 Å². The Kier molecular flexibility index (Phi) is 5.99. The predicted molar refractivity (Wildman–Crippen MR) is 88.5 cm³/mol. The van der Waals surface area contributed by atoms with Gasteiger partial charge in [0.25, 0.3) is 0 Å². The van der Waals surface area contributed by atoms with Gasteiger partial charge in [-0.15, -0.1) is 11.3 Å². The summed E-state index contributed by atoms with van der Waals surface area (Å²) in [6.07, 6.45) is 3.86. The Morgan fingerprint density at radius 3 is 2.95 bits per heavy atom. The molecule has 0 aliphatic carbocycles. The molecule has 1 aromatic carbocycles. The van der Waals surface area contributed by atoms with Crippen LogP contribution < -0.4 is 5.32 Å². The fourth-order valence-electron chi connectivity index (χ4n) is 1.75. The normalized spacial score (nSPS) is 11.0. The lowest BCUT2D eigenvalue weighted by Gasteiger charge is -1.98. The van der Waals surface area contributed by atoms with Crippen LogP contribution in [0.1, 0.15) is 11.3 Å². The van der Waals surface area contributed by atoms with Crippen molar-refractivity contribution in [2.45, 2.75) is 6.42 Å². The van der Waals surface area contributed by atoms with Crippen LogP contribution in [0, 0.1) is 0 Å². The molecule has 0 saturated heterocycles. The molecule has 110 valence electrons. The maximum atomic E-state index is 11.5. The minimum Gasteiger partial charge on any atom is -0.396 e. The molecule has 1 aromatic heterocycles. The molecule has 0 aliphatic heterocycles. The summed E-state index contributed by atoms with van der Waals surface area (Å²) in [6.45, 7) is 0.565. The lowest BCUT2D eigenvalue weighted by Crippen LogP contribution is -2.22. The topological polar surface area (TPSA) is 49.3 Å². The number of benzene rings is 1. The van der Waals surface area contributed by atoms with Crippen molar-refractivity contribution in [2.75, 3.05) is 13.2 Å². The van der Waals surface area contributed by atoms with Crippen LogP contribution in [-0.2, 0) is 4.79 Å². The van der Waals surface area contributed by atoms with Gasteiger partial charge >= 0.3 is 0 Å². The van der Waals surface area contributed by atoms with Gasteiger partial charge in [0, 0.05) is 34.0 Å². The summed E-state index contributed by atoms with van der Waals surface area (Å²) in [5.41, 5.74) is 1.07. The van der Waals surface area contributed by atoms with Crippen molar-refractivity contribution in [3.63, 3.8) is 0 Å². The van der Waals surface area contributed by atoms with Crippen molar-refractivity contribution < 1.29 is 9.90 Å². The molecule has 1 amide bonds. The quantitative estimate of drug-likeness (QED) is 0.631. The van der Waals surface area contributed by atoms with Crippen LogP contribution >= 0.6 is 22.9 Å². The van der Waals surface area contributed by atoms with Crippen molar-refractivity contribution in [2.24, 2.45) is 0 Å². The molecule has 3 nitrogen and oxygen atoms in total. The maximum absolute atomic E-state index is 11.5. The Hall–Kier alpha value is -1.62. The second-order valence-electron chi connectivity index (χ2n) is 4.41. The highest BCUT2D eigenvalue weighted by atomic mass is 35.5. The highest BCUT2D eigenvalue weighted by Crippen LogP contribution is 2.30. The third kappa shape index (κ3) is 5.01. The van der Waals surface area contributed by atoms with E-state index in [1.54, 1.807) is 17.4 Å². The summed E-state index contributed by atoms with van der Waals surface area (Å²) in [5, 5.41) is 12.1. The zero-order valence-corrected chi connectivity index (χ0v) is 13.0. The van der Waals surface area contributed by atoms with E-state index in [2.05, 4.69) is 5.32 Å². The molecular formula is C16H16ClNO2S. The van der Waals surface area contributed by atoms with Crippen LogP contribution in [0.4, 0.5) is 0 Å². The van der Waals surface area contributed by atoms with Crippen molar-refractivity contribution >= 4 is 34.9 Å². The molecule has 2 N–H and O–H groups in total. The van der Waals surface area contributed by atoms with E-state index in [-0.39, 0.29) is 12.5 Å². The number of rotatable bonds is 6. The molecule has 2 aromatic rings. The average Bonchev–Trinajstić information content (AvgIpc) is 2.94. The van der Waals surface area contributed by atoms with Gasteiger partial charge in [-0.05, 0) is 42.3 Å². The molecule has 2 rings (SSSR count). The fraction of sp³-hybridized carbons (Fsp3) is 0.188. The number of amides is 1. The first-order valence-electron chi connectivity index (χ1n) is 6.61. The van der Waals surface area contributed by atoms with Crippen molar-refractivity contribution in [3.8, 4) is 10.4 Å². The first kappa shape index (κ1) is 15.8. The monoisotopic (exact) mass is 321 g/mol. The molecule has 5 heteroatoms. The van der Waals surface area contributed by atoms with E-state index in [0.29, 0.717) is 18.0 Å². The number of halogens is 1. The van der Waals surface area contributed by atoms with Gasteiger partial charge in [0.1, 0.15) is 0 Å². The van der Waals surface area contributed by atoms with Gasteiger partial charge in [0.2, 0.25) is 5.91 Å². The number of thiophene rings is 1. The summed E-state index contributed by atoms with van der Waals surface area (Å²) in [5.74, 6) is -0.152. The maximum Gasteiger partial charge on any atom is 0.244 e. The molecule has 1 heterocycles. The highest BCUT2D eigenvalue weighted by Gasteiger charge is 2.02. The predicted octanol–water partition coefficient (Wildman–Crippen LogP) is 3.58. The van der Waals surface area contributed by atoms with Gasteiger partial charge in [-0.3, -0.25) is 4.79 Å².